The van der Waals surface area contributed by atoms with Crippen LogP contribution in [0.1, 0.15) is 21.7 Å². The van der Waals surface area contributed by atoms with E-state index in [1.165, 1.54) is 23.5 Å². The van der Waals surface area contributed by atoms with Crippen LogP contribution in [0, 0.1) is 6.92 Å². The van der Waals surface area contributed by atoms with Crippen LogP contribution in [0.5, 0.6) is 0 Å². The summed E-state index contributed by atoms with van der Waals surface area (Å²) in [5, 5.41) is 4.78. The molecular weight excluding hydrogens is 343 g/mol. The van der Waals surface area contributed by atoms with E-state index in [4.69, 9.17) is 4.42 Å². The van der Waals surface area contributed by atoms with Gasteiger partial charge >= 0.3 is 6.18 Å². The first-order chi connectivity index (χ1) is 11.3. The van der Waals surface area contributed by atoms with E-state index in [0.29, 0.717) is 10.7 Å². The topological polar surface area (TPSA) is 68.0 Å². The molecule has 0 atom stereocenters. The van der Waals surface area contributed by atoms with E-state index < -0.39 is 17.6 Å². The minimum Gasteiger partial charge on any atom is -0.444 e. The molecule has 9 heteroatoms. The molecule has 0 unspecified atom stereocenters. The van der Waals surface area contributed by atoms with E-state index in [2.05, 4.69) is 15.3 Å². The summed E-state index contributed by atoms with van der Waals surface area (Å²) in [7, 11) is 0. The van der Waals surface area contributed by atoms with E-state index >= 15 is 0 Å². The first-order valence-electron chi connectivity index (χ1n) is 6.69. The number of alkyl halides is 3. The number of carbonyl (C=O) groups excluding carboxylic acids is 1. The molecule has 0 radical (unpaired) electrons. The number of benzene rings is 1. The van der Waals surface area contributed by atoms with Gasteiger partial charge in [-0.15, -0.1) is 11.3 Å². The Labute approximate surface area is 138 Å². The van der Waals surface area contributed by atoms with Crippen molar-refractivity contribution in [3.63, 3.8) is 0 Å². The average Bonchev–Trinajstić information content (AvgIpc) is 3.16. The zero-order chi connectivity index (χ0) is 17.3. The normalized spacial score (nSPS) is 11.5. The quantitative estimate of drug-likeness (QED) is 0.759. The molecule has 0 aliphatic heterocycles. The predicted molar refractivity (Wildman–Crippen MR) is 81.7 cm³/mol. The highest BCUT2D eigenvalue weighted by Crippen LogP contribution is 2.30. The van der Waals surface area contributed by atoms with Crippen LogP contribution in [0.15, 0.2) is 40.3 Å². The van der Waals surface area contributed by atoms with Gasteiger partial charge in [-0.3, -0.25) is 10.1 Å². The number of halogens is 3. The molecule has 0 bridgehead atoms. The number of carbonyl (C=O) groups is 1. The zero-order valence-corrected chi connectivity index (χ0v) is 13.0. The maximum atomic E-state index is 12.5. The number of nitrogens with one attached hydrogen (secondary N) is 1. The molecule has 0 aliphatic rings. The fourth-order valence-corrected chi connectivity index (χ4v) is 2.57. The molecule has 0 aliphatic carbocycles. The van der Waals surface area contributed by atoms with E-state index in [0.717, 1.165) is 24.1 Å². The number of oxazole rings is 1. The van der Waals surface area contributed by atoms with Gasteiger partial charge in [-0.25, -0.2) is 9.97 Å². The second-order valence-corrected chi connectivity index (χ2v) is 5.72. The molecule has 0 spiro atoms. The van der Waals surface area contributed by atoms with Crippen molar-refractivity contribution in [2.45, 2.75) is 13.1 Å². The molecule has 1 amide bonds. The Hall–Kier alpha value is -2.68. The van der Waals surface area contributed by atoms with E-state index in [1.54, 1.807) is 12.3 Å². The largest absolute Gasteiger partial charge is 0.444 e. The molecule has 2 heterocycles. The summed E-state index contributed by atoms with van der Waals surface area (Å²) in [4.78, 5) is 20.1. The molecule has 3 rings (SSSR count). The van der Waals surface area contributed by atoms with Gasteiger partial charge in [0.05, 0.1) is 11.3 Å². The van der Waals surface area contributed by atoms with Crippen LogP contribution in [0.3, 0.4) is 0 Å². The van der Waals surface area contributed by atoms with Gasteiger partial charge in [0.2, 0.25) is 5.89 Å². The van der Waals surface area contributed by atoms with Gasteiger partial charge in [0.1, 0.15) is 6.26 Å². The first kappa shape index (κ1) is 16.2. The maximum absolute atomic E-state index is 12.5. The van der Waals surface area contributed by atoms with Gasteiger partial charge in [-0.2, -0.15) is 13.2 Å². The Morgan fingerprint density at radius 3 is 2.50 bits per heavy atom. The second kappa shape index (κ2) is 6.08. The second-order valence-electron chi connectivity index (χ2n) is 4.86. The smallest absolute Gasteiger partial charge is 0.416 e. The number of hydrogen-bond acceptors (Lipinski definition) is 5. The minimum atomic E-state index is -4.41. The summed E-state index contributed by atoms with van der Waals surface area (Å²) >= 11 is 1.27. The fourth-order valence-electron chi connectivity index (χ4n) is 1.88. The standard InChI is InChI=1S/C15H10F3N3O2S/c1-8-7-24-14(19-8)21-12(22)11-6-23-13(20-11)9-2-4-10(5-3-9)15(16,17)18/h2-7H,1H3,(H,19,21,22). The van der Waals surface area contributed by atoms with Crippen molar-refractivity contribution >= 4 is 22.4 Å². The average molecular weight is 353 g/mol. The Balaban J connectivity index is 1.76. The summed E-state index contributed by atoms with van der Waals surface area (Å²) in [6, 6.07) is 4.33. The summed E-state index contributed by atoms with van der Waals surface area (Å²) < 4.78 is 42.8. The Bertz CT molecular complexity index is 869. The van der Waals surface area contributed by atoms with Crippen LogP contribution in [0.4, 0.5) is 18.3 Å². The van der Waals surface area contributed by atoms with Crippen LogP contribution < -0.4 is 5.32 Å². The Kier molecular flexibility index (Phi) is 4.10. The fraction of sp³-hybridized carbons (Fsp3) is 0.133. The van der Waals surface area contributed by atoms with Gasteiger partial charge in [-0.1, -0.05) is 0 Å². The molecular formula is C15H10F3N3O2S. The molecule has 24 heavy (non-hydrogen) atoms. The predicted octanol–water partition coefficient (Wildman–Crippen LogP) is 4.38. The summed E-state index contributed by atoms with van der Waals surface area (Å²) in [5.41, 5.74) is 0.362. The third-order valence-electron chi connectivity index (χ3n) is 3.04. The van der Waals surface area contributed by atoms with Gasteiger partial charge in [0.15, 0.2) is 10.8 Å². The van der Waals surface area contributed by atoms with Crippen molar-refractivity contribution < 1.29 is 22.4 Å². The number of aromatic nitrogens is 2. The van der Waals surface area contributed by atoms with Crippen molar-refractivity contribution in [3.05, 3.63) is 52.9 Å². The molecule has 1 aromatic carbocycles. The minimum absolute atomic E-state index is 0.0118. The highest BCUT2D eigenvalue weighted by atomic mass is 32.1. The van der Waals surface area contributed by atoms with E-state index in [1.807, 2.05) is 0 Å². The van der Waals surface area contributed by atoms with Crippen LogP contribution >= 0.6 is 11.3 Å². The lowest BCUT2D eigenvalue weighted by atomic mass is 10.1. The van der Waals surface area contributed by atoms with Crippen molar-refractivity contribution in [1.82, 2.24) is 9.97 Å². The van der Waals surface area contributed by atoms with Crippen LogP contribution in [0.2, 0.25) is 0 Å². The number of hydrogen-bond donors (Lipinski definition) is 1. The lowest BCUT2D eigenvalue weighted by Crippen LogP contribution is -2.12. The SMILES string of the molecule is Cc1csc(NC(=O)c2coc(-c3ccc(C(F)(F)F)cc3)n2)n1. The molecule has 1 N–H and O–H groups in total. The van der Waals surface area contributed by atoms with Crippen molar-refractivity contribution in [2.75, 3.05) is 5.32 Å². The molecule has 124 valence electrons. The monoisotopic (exact) mass is 353 g/mol. The summed E-state index contributed by atoms with van der Waals surface area (Å²) in [5.74, 6) is -0.449. The van der Waals surface area contributed by atoms with E-state index in [9.17, 15) is 18.0 Å². The van der Waals surface area contributed by atoms with Gasteiger partial charge in [-0.05, 0) is 31.2 Å². The highest BCUT2D eigenvalue weighted by molar-refractivity contribution is 7.13. The lowest BCUT2D eigenvalue weighted by Gasteiger charge is -2.05. The zero-order valence-electron chi connectivity index (χ0n) is 12.2. The third kappa shape index (κ3) is 3.46. The first-order valence-corrected chi connectivity index (χ1v) is 7.57. The van der Waals surface area contributed by atoms with Gasteiger partial charge in [0.25, 0.3) is 5.91 Å². The Morgan fingerprint density at radius 2 is 1.92 bits per heavy atom. The lowest BCUT2D eigenvalue weighted by molar-refractivity contribution is -0.137. The summed E-state index contributed by atoms with van der Waals surface area (Å²) in [6.07, 6.45) is -3.27. The molecule has 2 aromatic heterocycles. The van der Waals surface area contributed by atoms with Gasteiger partial charge < -0.3 is 4.42 Å². The number of anilines is 1. The van der Waals surface area contributed by atoms with Crippen molar-refractivity contribution in [3.8, 4) is 11.5 Å². The summed E-state index contributed by atoms with van der Waals surface area (Å²) in [6.45, 7) is 1.80. The number of amides is 1. The van der Waals surface area contributed by atoms with Crippen molar-refractivity contribution in [1.29, 1.82) is 0 Å². The number of aryl methyl sites for hydroxylation is 1. The van der Waals surface area contributed by atoms with Crippen LogP contribution in [-0.2, 0) is 6.18 Å². The van der Waals surface area contributed by atoms with Crippen LogP contribution in [-0.4, -0.2) is 15.9 Å². The maximum Gasteiger partial charge on any atom is 0.416 e. The third-order valence-corrected chi connectivity index (χ3v) is 3.91. The number of rotatable bonds is 3. The molecule has 0 fully saturated rings. The number of nitrogens with zero attached hydrogens (tertiary/aromatic N) is 2. The van der Waals surface area contributed by atoms with Gasteiger partial charge in [0, 0.05) is 10.9 Å². The molecule has 0 saturated heterocycles. The Morgan fingerprint density at radius 1 is 1.21 bits per heavy atom. The molecule has 5 nitrogen and oxygen atoms in total. The van der Waals surface area contributed by atoms with Crippen LogP contribution in [0.25, 0.3) is 11.5 Å². The van der Waals surface area contributed by atoms with E-state index in [-0.39, 0.29) is 11.6 Å². The highest BCUT2D eigenvalue weighted by Gasteiger charge is 2.30. The molecule has 0 saturated carbocycles. The number of thiazole rings is 1. The molecule has 3 aromatic rings. The van der Waals surface area contributed by atoms with Crippen molar-refractivity contribution in [2.24, 2.45) is 0 Å².